The maximum Gasteiger partial charge on any atom is 0.308 e. The Balaban J connectivity index is 2.12. The van der Waals surface area contributed by atoms with Gasteiger partial charge in [0.2, 0.25) is 5.91 Å². The molecule has 1 fully saturated rings. The van der Waals surface area contributed by atoms with Gasteiger partial charge in [-0.15, -0.1) is 0 Å². The van der Waals surface area contributed by atoms with Crippen molar-refractivity contribution in [2.24, 2.45) is 5.92 Å². The molecule has 0 spiro atoms. The molecule has 1 saturated heterocycles. The molecule has 18 heavy (non-hydrogen) atoms. The van der Waals surface area contributed by atoms with Crippen LogP contribution in [-0.4, -0.2) is 30.1 Å². The topological polar surface area (TPSA) is 66.8 Å². The lowest BCUT2D eigenvalue weighted by Crippen LogP contribution is -2.25. The van der Waals surface area contributed by atoms with E-state index in [1.807, 2.05) is 6.92 Å². The summed E-state index contributed by atoms with van der Waals surface area (Å²) >= 11 is 0. The molecule has 0 radical (unpaired) electrons. The standard InChI is InChI=1S/C13H15NO4/c1-2-18-11-5-3-10(4-6-11)14-8-9(13(16)17)7-12(14)15/h3-6,9H,2,7-8H2,1H3,(H,16,17)/t9-/m0/s1. The fourth-order valence-corrected chi connectivity index (χ4v) is 2.01. The van der Waals surface area contributed by atoms with Gasteiger partial charge in [-0.3, -0.25) is 9.59 Å². The van der Waals surface area contributed by atoms with Crippen LogP contribution in [-0.2, 0) is 9.59 Å². The fourth-order valence-electron chi connectivity index (χ4n) is 2.01. The first kappa shape index (κ1) is 12.4. The predicted octanol–water partition coefficient (Wildman–Crippen LogP) is 1.52. The average Bonchev–Trinajstić information content (AvgIpc) is 2.73. The Hall–Kier alpha value is -2.04. The molecule has 0 aliphatic carbocycles. The molecular weight excluding hydrogens is 234 g/mol. The lowest BCUT2D eigenvalue weighted by atomic mass is 10.1. The van der Waals surface area contributed by atoms with Gasteiger partial charge in [-0.1, -0.05) is 0 Å². The van der Waals surface area contributed by atoms with Crippen molar-refractivity contribution in [2.75, 3.05) is 18.1 Å². The maximum atomic E-state index is 11.7. The van der Waals surface area contributed by atoms with Crippen molar-refractivity contribution in [1.82, 2.24) is 0 Å². The van der Waals surface area contributed by atoms with Crippen LogP contribution in [0.4, 0.5) is 5.69 Å². The zero-order valence-electron chi connectivity index (χ0n) is 10.1. The van der Waals surface area contributed by atoms with Crippen LogP contribution in [0.3, 0.4) is 0 Å². The van der Waals surface area contributed by atoms with Gasteiger partial charge in [0.05, 0.1) is 12.5 Å². The molecule has 0 aromatic heterocycles. The normalized spacial score (nSPS) is 19.1. The number of hydrogen-bond donors (Lipinski definition) is 1. The summed E-state index contributed by atoms with van der Waals surface area (Å²) in [7, 11) is 0. The minimum atomic E-state index is -0.920. The minimum absolute atomic E-state index is 0.0720. The van der Waals surface area contributed by atoms with E-state index in [2.05, 4.69) is 0 Å². The molecule has 1 N–H and O–H groups in total. The van der Waals surface area contributed by atoms with E-state index < -0.39 is 11.9 Å². The third-order valence-corrected chi connectivity index (χ3v) is 2.93. The smallest absolute Gasteiger partial charge is 0.308 e. The summed E-state index contributed by atoms with van der Waals surface area (Å²) in [6, 6.07) is 7.10. The molecule has 0 bridgehead atoms. The maximum absolute atomic E-state index is 11.7. The van der Waals surface area contributed by atoms with Crippen LogP contribution in [0.25, 0.3) is 0 Å². The van der Waals surface area contributed by atoms with Gasteiger partial charge in [0.15, 0.2) is 0 Å². The zero-order valence-corrected chi connectivity index (χ0v) is 10.1. The highest BCUT2D eigenvalue weighted by atomic mass is 16.5. The summed E-state index contributed by atoms with van der Waals surface area (Å²) in [5.41, 5.74) is 0.715. The highest BCUT2D eigenvalue weighted by Crippen LogP contribution is 2.26. The van der Waals surface area contributed by atoms with Gasteiger partial charge in [0.1, 0.15) is 5.75 Å². The first-order valence-electron chi connectivity index (χ1n) is 5.88. The van der Waals surface area contributed by atoms with Crippen LogP contribution in [0, 0.1) is 5.92 Å². The van der Waals surface area contributed by atoms with E-state index in [4.69, 9.17) is 9.84 Å². The number of hydrogen-bond acceptors (Lipinski definition) is 3. The Bertz CT molecular complexity index is 455. The van der Waals surface area contributed by atoms with E-state index in [0.717, 1.165) is 5.75 Å². The van der Waals surface area contributed by atoms with Gasteiger partial charge >= 0.3 is 5.97 Å². The Kier molecular flexibility index (Phi) is 3.50. The molecule has 1 atom stereocenters. The molecule has 5 nitrogen and oxygen atoms in total. The molecule has 1 aliphatic rings. The number of aliphatic carboxylic acids is 1. The Morgan fingerprint density at radius 3 is 2.61 bits per heavy atom. The number of benzene rings is 1. The highest BCUT2D eigenvalue weighted by Gasteiger charge is 2.34. The van der Waals surface area contributed by atoms with Gasteiger partial charge in [-0.25, -0.2) is 0 Å². The van der Waals surface area contributed by atoms with Crippen molar-refractivity contribution in [1.29, 1.82) is 0 Å². The number of carbonyl (C=O) groups excluding carboxylic acids is 1. The molecule has 0 unspecified atom stereocenters. The average molecular weight is 249 g/mol. The van der Waals surface area contributed by atoms with E-state index >= 15 is 0 Å². The monoisotopic (exact) mass is 249 g/mol. The predicted molar refractivity (Wildman–Crippen MR) is 65.7 cm³/mol. The summed E-state index contributed by atoms with van der Waals surface area (Å²) in [5.74, 6) is -0.935. The largest absolute Gasteiger partial charge is 0.494 e. The second-order valence-corrected chi connectivity index (χ2v) is 4.17. The third kappa shape index (κ3) is 2.45. The van der Waals surface area contributed by atoms with Gasteiger partial charge in [-0.2, -0.15) is 0 Å². The van der Waals surface area contributed by atoms with Crippen LogP contribution < -0.4 is 9.64 Å². The van der Waals surface area contributed by atoms with E-state index in [0.29, 0.717) is 12.3 Å². The second kappa shape index (κ2) is 5.08. The third-order valence-electron chi connectivity index (χ3n) is 2.93. The summed E-state index contributed by atoms with van der Waals surface area (Å²) in [4.78, 5) is 24.1. The first-order valence-corrected chi connectivity index (χ1v) is 5.88. The summed E-state index contributed by atoms with van der Waals surface area (Å²) in [5, 5.41) is 8.91. The molecule has 1 aromatic rings. The molecule has 1 amide bonds. The molecule has 5 heteroatoms. The van der Waals surface area contributed by atoms with E-state index in [1.165, 1.54) is 4.90 Å². The Labute approximate surface area is 105 Å². The molecule has 0 saturated carbocycles. The van der Waals surface area contributed by atoms with Crippen molar-refractivity contribution in [3.63, 3.8) is 0 Å². The highest BCUT2D eigenvalue weighted by molar-refractivity contribution is 5.99. The van der Waals surface area contributed by atoms with Crippen molar-refractivity contribution in [3.05, 3.63) is 24.3 Å². The number of nitrogens with zero attached hydrogens (tertiary/aromatic N) is 1. The van der Waals surface area contributed by atoms with E-state index in [1.54, 1.807) is 24.3 Å². The number of ether oxygens (including phenoxy) is 1. The van der Waals surface area contributed by atoms with Crippen molar-refractivity contribution >= 4 is 17.6 Å². The quantitative estimate of drug-likeness (QED) is 0.878. The molecular formula is C13H15NO4. The molecule has 1 aliphatic heterocycles. The van der Waals surface area contributed by atoms with Gasteiger partial charge in [-0.05, 0) is 31.2 Å². The number of anilines is 1. The second-order valence-electron chi connectivity index (χ2n) is 4.17. The van der Waals surface area contributed by atoms with Gasteiger partial charge in [0, 0.05) is 18.7 Å². The number of amides is 1. The Morgan fingerprint density at radius 2 is 2.11 bits per heavy atom. The summed E-state index contributed by atoms with van der Waals surface area (Å²) in [6.07, 6.45) is 0.0720. The number of carboxylic acid groups (broad SMARTS) is 1. The number of carbonyl (C=O) groups is 2. The Morgan fingerprint density at radius 1 is 1.44 bits per heavy atom. The first-order chi connectivity index (χ1) is 8.61. The van der Waals surface area contributed by atoms with Crippen LogP contribution in [0.2, 0.25) is 0 Å². The van der Waals surface area contributed by atoms with Crippen molar-refractivity contribution in [2.45, 2.75) is 13.3 Å². The van der Waals surface area contributed by atoms with Crippen LogP contribution in [0.15, 0.2) is 24.3 Å². The lowest BCUT2D eigenvalue weighted by molar-refractivity contribution is -0.141. The lowest BCUT2D eigenvalue weighted by Gasteiger charge is -2.16. The molecule has 1 heterocycles. The number of rotatable bonds is 4. The molecule has 2 rings (SSSR count). The fraction of sp³-hybridized carbons (Fsp3) is 0.385. The summed E-state index contributed by atoms with van der Waals surface area (Å²) in [6.45, 7) is 2.72. The molecule has 96 valence electrons. The number of carboxylic acids is 1. The van der Waals surface area contributed by atoms with E-state index in [-0.39, 0.29) is 18.9 Å². The SMILES string of the molecule is CCOc1ccc(N2C[C@@H](C(=O)O)CC2=O)cc1. The van der Waals surface area contributed by atoms with Gasteiger partial charge < -0.3 is 14.7 Å². The van der Waals surface area contributed by atoms with Crippen LogP contribution in [0.1, 0.15) is 13.3 Å². The van der Waals surface area contributed by atoms with E-state index in [9.17, 15) is 9.59 Å². The summed E-state index contributed by atoms with van der Waals surface area (Å²) < 4.78 is 5.31. The van der Waals surface area contributed by atoms with Crippen molar-refractivity contribution < 1.29 is 19.4 Å². The van der Waals surface area contributed by atoms with Crippen LogP contribution >= 0.6 is 0 Å². The van der Waals surface area contributed by atoms with Crippen LogP contribution in [0.5, 0.6) is 5.75 Å². The van der Waals surface area contributed by atoms with Crippen molar-refractivity contribution in [3.8, 4) is 5.75 Å². The molecule has 1 aromatic carbocycles. The zero-order chi connectivity index (χ0) is 13.1. The van der Waals surface area contributed by atoms with Gasteiger partial charge in [0.25, 0.3) is 0 Å². The minimum Gasteiger partial charge on any atom is -0.494 e.